The van der Waals surface area contributed by atoms with Crippen molar-refractivity contribution in [3.63, 3.8) is 0 Å². The van der Waals surface area contributed by atoms with E-state index < -0.39 is 5.60 Å². The Morgan fingerprint density at radius 1 is 1.47 bits per heavy atom. The Hall–Kier alpha value is -0.220. The molecule has 0 rings (SSSR count). The maximum absolute atomic E-state index is 11.4. The molecule has 0 saturated heterocycles. The highest BCUT2D eigenvalue weighted by Gasteiger charge is 2.18. The van der Waals surface area contributed by atoms with Gasteiger partial charge in [-0.05, 0) is 27.2 Å². The Morgan fingerprint density at radius 3 is 2.40 bits per heavy atom. The number of esters is 1. The standard InChI is InChI=1S/C11H23NO2S/c1-6-9(12)8(2)15-7-10(13)14-11(3,4)5/h8-9H,6-7,12H2,1-5H3. The first-order chi connectivity index (χ1) is 6.76. The fourth-order valence-electron chi connectivity index (χ4n) is 1.03. The topological polar surface area (TPSA) is 52.3 Å². The number of carbonyl (C=O) groups is 1. The molecule has 0 aromatic carbocycles. The van der Waals surface area contributed by atoms with E-state index in [0.717, 1.165) is 6.42 Å². The number of ether oxygens (including phenoxy) is 1. The number of thioether (sulfide) groups is 1. The van der Waals surface area contributed by atoms with Crippen molar-refractivity contribution in [3.8, 4) is 0 Å². The average Bonchev–Trinajstić information content (AvgIpc) is 2.10. The lowest BCUT2D eigenvalue weighted by molar-refractivity contribution is -0.151. The molecule has 3 nitrogen and oxygen atoms in total. The van der Waals surface area contributed by atoms with E-state index in [2.05, 4.69) is 6.92 Å². The molecular formula is C11H23NO2S. The molecule has 0 aliphatic heterocycles. The van der Waals surface area contributed by atoms with E-state index in [1.165, 1.54) is 0 Å². The van der Waals surface area contributed by atoms with Crippen molar-refractivity contribution in [2.24, 2.45) is 5.73 Å². The van der Waals surface area contributed by atoms with Gasteiger partial charge in [0.15, 0.2) is 0 Å². The first-order valence-corrected chi connectivity index (χ1v) is 6.40. The molecule has 2 N–H and O–H groups in total. The summed E-state index contributed by atoms with van der Waals surface area (Å²) in [6, 6.07) is 0.150. The van der Waals surface area contributed by atoms with Crippen LogP contribution in [0.25, 0.3) is 0 Å². The average molecular weight is 233 g/mol. The predicted molar refractivity (Wildman–Crippen MR) is 66.0 cm³/mol. The second-order valence-corrected chi connectivity index (χ2v) is 6.04. The van der Waals surface area contributed by atoms with Crippen molar-refractivity contribution in [2.75, 3.05) is 5.75 Å². The monoisotopic (exact) mass is 233 g/mol. The third-order valence-corrected chi connectivity index (χ3v) is 3.24. The molecule has 0 radical (unpaired) electrons. The van der Waals surface area contributed by atoms with Crippen molar-refractivity contribution in [1.82, 2.24) is 0 Å². The zero-order valence-electron chi connectivity index (χ0n) is 10.4. The molecule has 0 aliphatic rings. The first kappa shape index (κ1) is 14.8. The summed E-state index contributed by atoms with van der Waals surface area (Å²) in [6.07, 6.45) is 0.933. The molecule has 0 aliphatic carbocycles. The minimum Gasteiger partial charge on any atom is -0.459 e. The maximum Gasteiger partial charge on any atom is 0.316 e. The van der Waals surface area contributed by atoms with Gasteiger partial charge in [0.05, 0.1) is 5.75 Å². The minimum absolute atomic E-state index is 0.150. The van der Waals surface area contributed by atoms with Crippen LogP contribution >= 0.6 is 11.8 Å². The normalized spacial score (nSPS) is 15.9. The molecular weight excluding hydrogens is 210 g/mol. The predicted octanol–water partition coefficient (Wildman–Crippen LogP) is 2.19. The van der Waals surface area contributed by atoms with Gasteiger partial charge in [0.1, 0.15) is 5.60 Å². The van der Waals surface area contributed by atoms with Crippen LogP contribution in [0.5, 0.6) is 0 Å². The van der Waals surface area contributed by atoms with Crippen LogP contribution in [-0.2, 0) is 9.53 Å². The number of hydrogen-bond donors (Lipinski definition) is 1. The van der Waals surface area contributed by atoms with E-state index in [9.17, 15) is 4.79 Å². The number of nitrogens with two attached hydrogens (primary N) is 1. The minimum atomic E-state index is -0.395. The van der Waals surface area contributed by atoms with Gasteiger partial charge in [-0.15, -0.1) is 11.8 Å². The lowest BCUT2D eigenvalue weighted by atomic mass is 10.2. The third-order valence-electron chi connectivity index (χ3n) is 1.96. The molecule has 0 heterocycles. The van der Waals surface area contributed by atoms with Gasteiger partial charge in [-0.3, -0.25) is 4.79 Å². The Morgan fingerprint density at radius 2 is 2.00 bits per heavy atom. The molecule has 2 atom stereocenters. The van der Waals surface area contributed by atoms with Gasteiger partial charge in [-0.1, -0.05) is 13.8 Å². The van der Waals surface area contributed by atoms with E-state index in [-0.39, 0.29) is 12.0 Å². The van der Waals surface area contributed by atoms with Gasteiger partial charge in [0, 0.05) is 11.3 Å². The second kappa shape index (κ2) is 6.38. The highest BCUT2D eigenvalue weighted by molar-refractivity contribution is 8.00. The van der Waals surface area contributed by atoms with Crippen molar-refractivity contribution in [2.45, 2.75) is 57.9 Å². The lowest BCUT2D eigenvalue weighted by Crippen LogP contribution is -2.31. The van der Waals surface area contributed by atoms with Gasteiger partial charge < -0.3 is 10.5 Å². The van der Waals surface area contributed by atoms with Crippen LogP contribution in [0, 0.1) is 0 Å². The van der Waals surface area contributed by atoms with Crippen molar-refractivity contribution in [3.05, 3.63) is 0 Å². The van der Waals surface area contributed by atoms with E-state index >= 15 is 0 Å². The third kappa shape index (κ3) is 7.68. The van der Waals surface area contributed by atoms with Gasteiger partial charge >= 0.3 is 5.97 Å². The molecule has 90 valence electrons. The Bertz CT molecular complexity index is 201. The first-order valence-electron chi connectivity index (χ1n) is 5.35. The zero-order chi connectivity index (χ0) is 12.1. The van der Waals surface area contributed by atoms with Crippen LogP contribution in [0.4, 0.5) is 0 Å². The summed E-state index contributed by atoms with van der Waals surface area (Å²) in [4.78, 5) is 11.4. The van der Waals surface area contributed by atoms with E-state index in [0.29, 0.717) is 11.0 Å². The molecule has 0 amide bonds. The molecule has 0 fully saturated rings. The molecule has 0 aromatic rings. The Kier molecular flexibility index (Phi) is 6.29. The zero-order valence-corrected chi connectivity index (χ0v) is 11.2. The summed E-state index contributed by atoms with van der Waals surface area (Å²) >= 11 is 1.56. The van der Waals surface area contributed by atoms with Crippen LogP contribution in [0.3, 0.4) is 0 Å². The summed E-state index contributed by atoms with van der Waals surface area (Å²) in [6.45, 7) is 9.71. The fraction of sp³-hybridized carbons (Fsp3) is 0.909. The smallest absolute Gasteiger partial charge is 0.316 e. The molecule has 0 bridgehead atoms. The van der Waals surface area contributed by atoms with Crippen LogP contribution in [-0.4, -0.2) is 28.6 Å². The van der Waals surface area contributed by atoms with E-state index in [1.807, 2.05) is 27.7 Å². The fourth-order valence-corrected chi connectivity index (χ4v) is 1.92. The van der Waals surface area contributed by atoms with Crippen LogP contribution < -0.4 is 5.73 Å². The Labute approximate surface area is 97.1 Å². The SMILES string of the molecule is CCC(N)C(C)SCC(=O)OC(C)(C)C. The van der Waals surface area contributed by atoms with Crippen molar-refractivity contribution in [1.29, 1.82) is 0 Å². The van der Waals surface area contributed by atoms with Gasteiger partial charge in [0.25, 0.3) is 0 Å². The molecule has 0 spiro atoms. The molecule has 4 heteroatoms. The molecule has 2 unspecified atom stereocenters. The van der Waals surface area contributed by atoms with Gasteiger partial charge in [-0.25, -0.2) is 0 Å². The number of hydrogen-bond acceptors (Lipinski definition) is 4. The number of carbonyl (C=O) groups excluding carboxylic acids is 1. The van der Waals surface area contributed by atoms with Crippen LogP contribution in [0.15, 0.2) is 0 Å². The highest BCUT2D eigenvalue weighted by Crippen LogP contribution is 2.16. The maximum atomic E-state index is 11.4. The quantitative estimate of drug-likeness (QED) is 0.740. The Balaban J connectivity index is 3.81. The van der Waals surface area contributed by atoms with Gasteiger partial charge in [-0.2, -0.15) is 0 Å². The van der Waals surface area contributed by atoms with Crippen LogP contribution in [0.1, 0.15) is 41.0 Å². The van der Waals surface area contributed by atoms with E-state index in [1.54, 1.807) is 11.8 Å². The van der Waals surface area contributed by atoms with Crippen LogP contribution in [0.2, 0.25) is 0 Å². The van der Waals surface area contributed by atoms with E-state index in [4.69, 9.17) is 10.5 Å². The summed E-state index contributed by atoms with van der Waals surface area (Å²) in [5.41, 5.74) is 5.46. The molecule has 0 saturated carbocycles. The van der Waals surface area contributed by atoms with Crippen molar-refractivity contribution >= 4 is 17.7 Å². The second-order valence-electron chi connectivity index (χ2n) is 4.67. The summed E-state index contributed by atoms with van der Waals surface area (Å²) in [5, 5.41) is 0.294. The van der Waals surface area contributed by atoms with Crippen molar-refractivity contribution < 1.29 is 9.53 Å². The number of rotatable bonds is 5. The highest BCUT2D eigenvalue weighted by atomic mass is 32.2. The molecule has 15 heavy (non-hydrogen) atoms. The molecule has 0 aromatic heterocycles. The van der Waals surface area contributed by atoms with Gasteiger partial charge in [0.2, 0.25) is 0 Å². The lowest BCUT2D eigenvalue weighted by Gasteiger charge is -2.21. The summed E-state index contributed by atoms with van der Waals surface area (Å²) < 4.78 is 5.20. The summed E-state index contributed by atoms with van der Waals surface area (Å²) in [5.74, 6) is 0.217. The largest absolute Gasteiger partial charge is 0.459 e. The summed E-state index contributed by atoms with van der Waals surface area (Å²) in [7, 11) is 0.